The monoisotopic (exact) mass is 370 g/mol. The standard InChI is InChI=1S/C20H23FN4O2/c1-5-22-17(26)10-9-16-12(2)18-13(3)23-25(19(18)24(4)20(16)27)15-8-6-7-14(21)11-15/h6-8,11H,5,9-10H2,1-4H3,(H,22,26). The lowest BCUT2D eigenvalue weighted by atomic mass is 10.0. The molecule has 0 spiro atoms. The van der Waals surface area contributed by atoms with Crippen molar-refractivity contribution in [2.75, 3.05) is 6.54 Å². The van der Waals surface area contributed by atoms with Crippen LogP contribution in [0.1, 0.15) is 30.2 Å². The van der Waals surface area contributed by atoms with Crippen LogP contribution >= 0.6 is 0 Å². The summed E-state index contributed by atoms with van der Waals surface area (Å²) in [6.45, 7) is 6.16. The Morgan fingerprint density at radius 1 is 1.30 bits per heavy atom. The third-order valence-electron chi connectivity index (χ3n) is 4.77. The molecule has 1 aromatic carbocycles. The Bertz CT molecular complexity index is 1080. The number of benzene rings is 1. The number of hydrogen-bond donors (Lipinski definition) is 1. The number of carbonyl (C=O) groups is 1. The van der Waals surface area contributed by atoms with Crippen LogP contribution in [0, 0.1) is 19.7 Å². The number of rotatable bonds is 5. The molecule has 2 heterocycles. The third-order valence-corrected chi connectivity index (χ3v) is 4.77. The maximum atomic E-state index is 13.7. The summed E-state index contributed by atoms with van der Waals surface area (Å²) in [6.07, 6.45) is 0.622. The minimum atomic E-state index is -0.367. The number of nitrogens with one attached hydrogen (secondary N) is 1. The quantitative estimate of drug-likeness (QED) is 0.750. The number of fused-ring (bicyclic) bond motifs is 1. The molecule has 3 rings (SSSR count). The molecule has 1 N–H and O–H groups in total. The third kappa shape index (κ3) is 3.37. The molecular formula is C20H23FN4O2. The van der Waals surface area contributed by atoms with Gasteiger partial charge >= 0.3 is 0 Å². The predicted octanol–water partition coefficient (Wildman–Crippen LogP) is 2.55. The highest BCUT2D eigenvalue weighted by Crippen LogP contribution is 2.26. The average molecular weight is 370 g/mol. The van der Waals surface area contributed by atoms with Gasteiger partial charge in [0.25, 0.3) is 5.56 Å². The number of aromatic nitrogens is 3. The normalized spacial score (nSPS) is 11.1. The van der Waals surface area contributed by atoms with Crippen LogP contribution in [0.2, 0.25) is 0 Å². The van der Waals surface area contributed by atoms with E-state index in [0.29, 0.717) is 29.9 Å². The van der Waals surface area contributed by atoms with E-state index in [-0.39, 0.29) is 23.7 Å². The predicted molar refractivity (Wildman–Crippen MR) is 103 cm³/mol. The highest BCUT2D eigenvalue weighted by Gasteiger charge is 2.20. The van der Waals surface area contributed by atoms with Gasteiger partial charge in [-0.2, -0.15) is 5.10 Å². The molecule has 0 saturated carbocycles. The van der Waals surface area contributed by atoms with Crippen LogP contribution in [0.25, 0.3) is 16.7 Å². The zero-order valence-electron chi connectivity index (χ0n) is 16.0. The summed E-state index contributed by atoms with van der Waals surface area (Å²) in [4.78, 5) is 24.8. The van der Waals surface area contributed by atoms with Crippen LogP contribution in [0.15, 0.2) is 29.1 Å². The largest absolute Gasteiger partial charge is 0.356 e. The van der Waals surface area contributed by atoms with Gasteiger partial charge in [0.15, 0.2) is 0 Å². The van der Waals surface area contributed by atoms with Crippen molar-refractivity contribution in [2.24, 2.45) is 7.05 Å². The Morgan fingerprint density at radius 2 is 2.04 bits per heavy atom. The minimum Gasteiger partial charge on any atom is -0.356 e. The van der Waals surface area contributed by atoms with Crippen LogP contribution in [0.3, 0.4) is 0 Å². The molecule has 3 aromatic rings. The lowest BCUT2D eigenvalue weighted by Gasteiger charge is -2.12. The number of halogens is 1. The fourth-order valence-corrected chi connectivity index (χ4v) is 3.48. The first-order valence-corrected chi connectivity index (χ1v) is 8.95. The number of amides is 1. The summed E-state index contributed by atoms with van der Waals surface area (Å²) in [5, 5.41) is 8.14. The highest BCUT2D eigenvalue weighted by atomic mass is 19.1. The Morgan fingerprint density at radius 3 is 2.70 bits per heavy atom. The van der Waals surface area contributed by atoms with E-state index < -0.39 is 0 Å². The van der Waals surface area contributed by atoms with E-state index in [1.807, 2.05) is 20.8 Å². The zero-order chi connectivity index (χ0) is 19.7. The molecule has 7 heteroatoms. The van der Waals surface area contributed by atoms with Crippen molar-refractivity contribution in [3.8, 4) is 5.69 Å². The summed E-state index contributed by atoms with van der Waals surface area (Å²) in [6, 6.07) is 6.11. The van der Waals surface area contributed by atoms with E-state index in [1.54, 1.807) is 23.9 Å². The van der Waals surface area contributed by atoms with Crippen LogP contribution in [-0.2, 0) is 18.3 Å². The van der Waals surface area contributed by atoms with Crippen LogP contribution in [0.4, 0.5) is 4.39 Å². The zero-order valence-corrected chi connectivity index (χ0v) is 16.0. The Kier molecular flexibility index (Phi) is 5.12. The van der Waals surface area contributed by atoms with E-state index in [4.69, 9.17) is 0 Å². The molecule has 0 radical (unpaired) electrons. The second-order valence-corrected chi connectivity index (χ2v) is 6.60. The van der Waals surface area contributed by atoms with Gasteiger partial charge in [0.1, 0.15) is 11.5 Å². The SMILES string of the molecule is CCNC(=O)CCc1c(C)c2c(C)nn(-c3cccc(F)c3)c2n(C)c1=O. The van der Waals surface area contributed by atoms with Crippen molar-refractivity contribution >= 4 is 16.9 Å². The maximum absolute atomic E-state index is 13.7. The van der Waals surface area contributed by atoms with E-state index in [9.17, 15) is 14.0 Å². The first-order valence-electron chi connectivity index (χ1n) is 8.95. The molecule has 1 amide bonds. The fourth-order valence-electron chi connectivity index (χ4n) is 3.48. The first kappa shape index (κ1) is 18.8. The lowest BCUT2D eigenvalue weighted by Crippen LogP contribution is -2.27. The van der Waals surface area contributed by atoms with Crippen LogP contribution in [0.5, 0.6) is 0 Å². The van der Waals surface area contributed by atoms with E-state index in [2.05, 4.69) is 10.4 Å². The summed E-state index contributed by atoms with van der Waals surface area (Å²) in [5.41, 5.74) is 3.18. The molecule has 0 aliphatic heterocycles. The summed E-state index contributed by atoms with van der Waals surface area (Å²) < 4.78 is 16.8. The van der Waals surface area contributed by atoms with E-state index in [0.717, 1.165) is 16.6 Å². The number of carbonyl (C=O) groups excluding carboxylic acids is 1. The summed E-state index contributed by atoms with van der Waals surface area (Å²) >= 11 is 0. The second-order valence-electron chi connectivity index (χ2n) is 6.60. The molecule has 0 saturated heterocycles. The number of hydrogen-bond acceptors (Lipinski definition) is 3. The van der Waals surface area contributed by atoms with Gasteiger partial charge in [-0.1, -0.05) is 6.07 Å². The molecule has 0 aliphatic rings. The van der Waals surface area contributed by atoms with Gasteiger partial charge in [-0.3, -0.25) is 14.2 Å². The lowest BCUT2D eigenvalue weighted by molar-refractivity contribution is -0.120. The van der Waals surface area contributed by atoms with Gasteiger partial charge in [-0.15, -0.1) is 0 Å². The van der Waals surface area contributed by atoms with Crippen LogP contribution < -0.4 is 10.9 Å². The minimum absolute atomic E-state index is 0.0776. The molecule has 142 valence electrons. The molecule has 0 atom stereocenters. The Labute approximate surface area is 156 Å². The Hall–Kier alpha value is -2.96. The number of aryl methyl sites for hydroxylation is 3. The fraction of sp³-hybridized carbons (Fsp3) is 0.350. The van der Waals surface area contributed by atoms with Crippen molar-refractivity contribution in [1.82, 2.24) is 19.7 Å². The van der Waals surface area contributed by atoms with Crippen molar-refractivity contribution in [3.05, 3.63) is 57.3 Å². The molecule has 27 heavy (non-hydrogen) atoms. The molecule has 6 nitrogen and oxygen atoms in total. The molecule has 0 aliphatic carbocycles. The number of nitrogens with zero attached hydrogens (tertiary/aromatic N) is 3. The van der Waals surface area contributed by atoms with Gasteiger partial charge < -0.3 is 5.32 Å². The molecule has 0 bridgehead atoms. The van der Waals surface area contributed by atoms with E-state index >= 15 is 0 Å². The molecule has 2 aromatic heterocycles. The highest BCUT2D eigenvalue weighted by molar-refractivity contribution is 5.85. The van der Waals surface area contributed by atoms with Gasteiger partial charge in [-0.05, 0) is 51.0 Å². The van der Waals surface area contributed by atoms with E-state index in [1.165, 1.54) is 16.7 Å². The van der Waals surface area contributed by atoms with Crippen molar-refractivity contribution in [3.63, 3.8) is 0 Å². The molecule has 0 fully saturated rings. The second kappa shape index (κ2) is 7.34. The van der Waals surface area contributed by atoms with Gasteiger partial charge in [0.05, 0.1) is 11.4 Å². The van der Waals surface area contributed by atoms with Crippen molar-refractivity contribution in [2.45, 2.75) is 33.6 Å². The van der Waals surface area contributed by atoms with Crippen molar-refractivity contribution in [1.29, 1.82) is 0 Å². The topological polar surface area (TPSA) is 68.9 Å². The average Bonchev–Trinajstić information content (AvgIpc) is 2.97. The van der Waals surface area contributed by atoms with Gasteiger partial charge in [-0.25, -0.2) is 9.07 Å². The van der Waals surface area contributed by atoms with Crippen LogP contribution in [-0.4, -0.2) is 26.8 Å². The van der Waals surface area contributed by atoms with Gasteiger partial charge in [0, 0.05) is 31.0 Å². The van der Waals surface area contributed by atoms with Gasteiger partial charge in [0.2, 0.25) is 5.91 Å². The molecule has 0 unspecified atom stereocenters. The summed E-state index contributed by atoms with van der Waals surface area (Å²) in [5.74, 6) is -0.444. The first-order chi connectivity index (χ1) is 12.8. The van der Waals surface area contributed by atoms with Crippen molar-refractivity contribution < 1.29 is 9.18 Å². The smallest absolute Gasteiger partial charge is 0.255 e. The maximum Gasteiger partial charge on any atom is 0.255 e. The number of pyridine rings is 1. The summed E-state index contributed by atoms with van der Waals surface area (Å²) in [7, 11) is 1.68. The molecular weight excluding hydrogens is 347 g/mol. The Balaban J connectivity index is 2.17.